The van der Waals surface area contributed by atoms with Crippen molar-refractivity contribution in [3.05, 3.63) is 41.2 Å². The Bertz CT molecular complexity index is 1360. The minimum Gasteiger partial charge on any atom is -0.486 e. The van der Waals surface area contributed by atoms with Crippen LogP contribution in [-0.2, 0) is 4.79 Å². The molecule has 1 aromatic heterocycles. The van der Waals surface area contributed by atoms with E-state index < -0.39 is 11.5 Å². The van der Waals surface area contributed by atoms with E-state index in [0.29, 0.717) is 34.4 Å². The van der Waals surface area contributed by atoms with Gasteiger partial charge in [-0.05, 0) is 45.8 Å². The molecule has 8 nitrogen and oxygen atoms in total. The van der Waals surface area contributed by atoms with Gasteiger partial charge in [-0.15, -0.1) is 10.2 Å². The number of ketones is 1. The molecule has 4 rings (SSSR count). The summed E-state index contributed by atoms with van der Waals surface area (Å²) in [5, 5.41) is 15.4. The third-order valence-electron chi connectivity index (χ3n) is 6.04. The minimum atomic E-state index is -0.517. The van der Waals surface area contributed by atoms with Crippen LogP contribution < -0.4 is 15.4 Å². The van der Waals surface area contributed by atoms with Crippen molar-refractivity contribution in [1.29, 1.82) is 0 Å². The number of hydrogen-bond donors (Lipinski definition) is 2. The normalized spacial score (nSPS) is 15.8. The Kier molecular flexibility index (Phi) is 8.75. The Labute approximate surface area is 228 Å². The van der Waals surface area contributed by atoms with Crippen molar-refractivity contribution in [2.45, 2.75) is 53.1 Å². The Morgan fingerprint density at radius 2 is 1.92 bits per heavy atom. The second kappa shape index (κ2) is 12.0. The molecule has 1 aromatic carbocycles. The maximum Gasteiger partial charge on any atom is 0.300 e. The number of amides is 1. The van der Waals surface area contributed by atoms with Crippen molar-refractivity contribution in [3.63, 3.8) is 0 Å². The van der Waals surface area contributed by atoms with Gasteiger partial charge in [-0.25, -0.2) is 0 Å². The summed E-state index contributed by atoms with van der Waals surface area (Å²) in [6.45, 7) is 12.3. The van der Waals surface area contributed by atoms with Crippen LogP contribution in [0.5, 0.6) is 5.75 Å². The number of allylic oxidation sites excluding steroid dienone is 3. The lowest BCUT2D eigenvalue weighted by Gasteiger charge is -2.25. The largest absolute Gasteiger partial charge is 0.486 e. The van der Waals surface area contributed by atoms with Gasteiger partial charge in [-0.2, -0.15) is 11.8 Å². The molecule has 1 aliphatic carbocycles. The summed E-state index contributed by atoms with van der Waals surface area (Å²) in [7, 11) is 0. The Morgan fingerprint density at radius 3 is 2.58 bits per heavy atom. The van der Waals surface area contributed by atoms with Gasteiger partial charge in [0.15, 0.2) is 11.5 Å². The molecule has 0 spiro atoms. The van der Waals surface area contributed by atoms with E-state index >= 15 is 0 Å². The highest BCUT2D eigenvalue weighted by atomic mass is 32.2. The van der Waals surface area contributed by atoms with Gasteiger partial charge in [0, 0.05) is 68.1 Å². The maximum atomic E-state index is 12.8. The number of nitrogens with one attached hydrogen (secondary N) is 2. The second-order valence-corrected chi connectivity index (χ2v) is 11.8. The van der Waals surface area contributed by atoms with Gasteiger partial charge >= 0.3 is 0 Å². The SMILES string of the molecule is CC(=O)c1nnc2cc(OC(C)(C)C)c(NC(=O)C#CCCN3CCSCC3)cc2c1NC1=CC=C(C)C1. The standard InChI is InChI=1S/C29H35N5O3S/c1-19-9-10-21(16-19)30-28-22-17-24(31-26(36)8-6-7-11-34-12-14-38-15-13-34)25(37-29(3,4)5)18-23(22)32-33-27(28)20(2)35/h9-10,17-18H,7,11-16H2,1-5H3,(H,30,32)(H,31,36). The van der Waals surface area contributed by atoms with Gasteiger partial charge in [0.1, 0.15) is 11.4 Å². The highest BCUT2D eigenvalue weighted by Crippen LogP contribution is 2.37. The number of hydrogen-bond acceptors (Lipinski definition) is 8. The summed E-state index contributed by atoms with van der Waals surface area (Å²) in [6, 6.07) is 3.52. The number of Topliss-reactive ketones (excluding diaryl/α,β-unsaturated/α-hetero) is 1. The van der Waals surface area contributed by atoms with E-state index in [1.165, 1.54) is 12.5 Å². The van der Waals surface area contributed by atoms with Crippen LogP contribution in [0.4, 0.5) is 11.4 Å². The van der Waals surface area contributed by atoms with Crippen LogP contribution in [0.15, 0.2) is 35.6 Å². The topological polar surface area (TPSA) is 96.5 Å². The molecule has 200 valence electrons. The Morgan fingerprint density at radius 1 is 1.16 bits per heavy atom. The molecule has 0 unspecified atom stereocenters. The van der Waals surface area contributed by atoms with Crippen molar-refractivity contribution >= 4 is 45.7 Å². The van der Waals surface area contributed by atoms with Gasteiger partial charge in [0.05, 0.1) is 16.9 Å². The first-order valence-corrected chi connectivity index (χ1v) is 14.0. The van der Waals surface area contributed by atoms with E-state index in [0.717, 1.165) is 43.3 Å². The molecule has 2 heterocycles. The number of nitrogens with zero attached hydrogens (tertiary/aromatic N) is 3. The molecule has 1 saturated heterocycles. The smallest absolute Gasteiger partial charge is 0.300 e. The van der Waals surface area contributed by atoms with Crippen LogP contribution in [0.3, 0.4) is 0 Å². The fourth-order valence-corrected chi connectivity index (χ4v) is 5.24. The van der Waals surface area contributed by atoms with Gasteiger partial charge in [-0.3, -0.25) is 9.59 Å². The molecular weight excluding hydrogens is 498 g/mol. The molecule has 1 fully saturated rings. The number of aromatic nitrogens is 2. The zero-order valence-electron chi connectivity index (χ0n) is 22.7. The number of carbonyl (C=O) groups excluding carboxylic acids is 2. The molecule has 0 saturated carbocycles. The predicted molar refractivity (Wildman–Crippen MR) is 155 cm³/mol. The van der Waals surface area contributed by atoms with E-state index in [1.807, 2.05) is 44.7 Å². The van der Waals surface area contributed by atoms with Crippen LogP contribution in [0.25, 0.3) is 10.9 Å². The molecule has 2 aliphatic rings. The number of carbonyl (C=O) groups is 2. The zero-order chi connectivity index (χ0) is 27.3. The van der Waals surface area contributed by atoms with Gasteiger partial charge < -0.3 is 20.3 Å². The lowest BCUT2D eigenvalue weighted by molar-refractivity contribution is -0.111. The summed E-state index contributed by atoms with van der Waals surface area (Å²) in [5.74, 6) is 7.84. The van der Waals surface area contributed by atoms with Gasteiger partial charge in [-0.1, -0.05) is 17.6 Å². The molecular formula is C29H35N5O3S. The van der Waals surface area contributed by atoms with Crippen molar-refractivity contribution < 1.29 is 14.3 Å². The first kappa shape index (κ1) is 27.7. The van der Waals surface area contributed by atoms with Gasteiger partial charge in [0.25, 0.3) is 5.91 Å². The van der Waals surface area contributed by atoms with Crippen LogP contribution in [0.2, 0.25) is 0 Å². The quantitative estimate of drug-likeness (QED) is 0.378. The highest BCUT2D eigenvalue weighted by molar-refractivity contribution is 7.99. The summed E-state index contributed by atoms with van der Waals surface area (Å²) in [4.78, 5) is 27.6. The monoisotopic (exact) mass is 533 g/mol. The fraction of sp³-hybridized carbons (Fsp3) is 0.448. The fourth-order valence-electron chi connectivity index (χ4n) is 4.26. The average molecular weight is 534 g/mol. The third kappa shape index (κ3) is 7.36. The molecule has 0 radical (unpaired) electrons. The lowest BCUT2D eigenvalue weighted by Crippen LogP contribution is -2.33. The van der Waals surface area contributed by atoms with Crippen molar-refractivity contribution in [1.82, 2.24) is 15.1 Å². The number of fused-ring (bicyclic) bond motifs is 1. The van der Waals surface area contributed by atoms with E-state index in [-0.39, 0.29) is 11.5 Å². The second-order valence-electron chi connectivity index (χ2n) is 10.5. The maximum absolute atomic E-state index is 12.8. The summed E-state index contributed by atoms with van der Waals surface area (Å²) in [5.41, 5.74) is 3.45. The van der Waals surface area contributed by atoms with Gasteiger partial charge in [0.2, 0.25) is 0 Å². The summed E-state index contributed by atoms with van der Waals surface area (Å²) < 4.78 is 6.17. The molecule has 2 aromatic rings. The molecule has 1 aliphatic heterocycles. The molecule has 2 N–H and O–H groups in total. The number of thioether (sulfide) groups is 1. The number of anilines is 2. The van der Waals surface area contributed by atoms with Crippen molar-refractivity contribution in [2.24, 2.45) is 0 Å². The third-order valence-corrected chi connectivity index (χ3v) is 6.98. The lowest BCUT2D eigenvalue weighted by atomic mass is 10.1. The zero-order valence-corrected chi connectivity index (χ0v) is 23.6. The number of benzene rings is 1. The average Bonchev–Trinajstić information content (AvgIpc) is 3.26. The first-order valence-electron chi connectivity index (χ1n) is 12.9. The molecule has 0 atom stereocenters. The Hall–Kier alpha value is -3.35. The van der Waals surface area contributed by atoms with Crippen molar-refractivity contribution in [3.8, 4) is 17.6 Å². The molecule has 9 heteroatoms. The number of ether oxygens (including phenoxy) is 1. The van der Waals surface area contributed by atoms with E-state index in [1.54, 1.807) is 12.1 Å². The van der Waals surface area contributed by atoms with E-state index in [2.05, 4.69) is 44.5 Å². The van der Waals surface area contributed by atoms with Crippen LogP contribution >= 0.6 is 11.8 Å². The minimum absolute atomic E-state index is 0.205. The summed E-state index contributed by atoms with van der Waals surface area (Å²) in [6.07, 6.45) is 5.41. The molecule has 0 bridgehead atoms. The number of rotatable bonds is 7. The predicted octanol–water partition coefficient (Wildman–Crippen LogP) is 5.04. The Balaban J connectivity index is 1.64. The van der Waals surface area contributed by atoms with Crippen LogP contribution in [-0.4, -0.2) is 63.5 Å². The van der Waals surface area contributed by atoms with Crippen LogP contribution in [0, 0.1) is 11.8 Å². The van der Waals surface area contributed by atoms with E-state index in [4.69, 9.17) is 4.74 Å². The van der Waals surface area contributed by atoms with Crippen LogP contribution in [0.1, 0.15) is 57.9 Å². The highest BCUT2D eigenvalue weighted by Gasteiger charge is 2.22. The van der Waals surface area contributed by atoms with E-state index in [9.17, 15) is 9.59 Å². The molecule has 38 heavy (non-hydrogen) atoms. The van der Waals surface area contributed by atoms with Crippen molar-refractivity contribution in [2.75, 3.05) is 41.8 Å². The summed E-state index contributed by atoms with van der Waals surface area (Å²) >= 11 is 1.97. The molecule has 1 amide bonds. The first-order chi connectivity index (χ1) is 18.1.